The van der Waals surface area contributed by atoms with E-state index in [-0.39, 0.29) is 41.4 Å². The molecule has 3 aliphatic carbocycles. The molecule has 0 bridgehead atoms. The Labute approximate surface area is 261 Å². The quantitative estimate of drug-likeness (QED) is 0.157. The molecule has 246 valence electrons. The zero-order valence-corrected chi connectivity index (χ0v) is 25.8. The van der Waals surface area contributed by atoms with Crippen molar-refractivity contribution in [1.82, 2.24) is 14.9 Å². The minimum Gasteiger partial charge on any atom is -0.465 e. The molecule has 0 aliphatic heterocycles. The van der Waals surface area contributed by atoms with Crippen LogP contribution in [0, 0.1) is 11.8 Å². The molecule has 44 heavy (non-hydrogen) atoms. The van der Waals surface area contributed by atoms with Crippen molar-refractivity contribution in [3.63, 3.8) is 0 Å². The summed E-state index contributed by atoms with van der Waals surface area (Å²) in [5.41, 5.74) is -0.836. The summed E-state index contributed by atoms with van der Waals surface area (Å²) in [6.07, 6.45) is 4.20. The Morgan fingerprint density at radius 1 is 1.11 bits per heavy atom. The maximum Gasteiger partial charge on any atom is 0.411 e. The molecule has 0 spiro atoms. The summed E-state index contributed by atoms with van der Waals surface area (Å²) in [6.45, 7) is 4.17. The number of benzene rings is 1. The molecular formula is C30H46N4O9S. The van der Waals surface area contributed by atoms with E-state index in [2.05, 4.69) is 21.9 Å². The highest BCUT2D eigenvalue weighted by Crippen LogP contribution is 2.40. The van der Waals surface area contributed by atoms with Crippen LogP contribution in [0.5, 0.6) is 0 Å². The van der Waals surface area contributed by atoms with Crippen LogP contribution in [0.15, 0.2) is 36.9 Å². The predicted octanol–water partition coefficient (Wildman–Crippen LogP) is 3.23. The lowest BCUT2D eigenvalue weighted by atomic mass is 9.93. The van der Waals surface area contributed by atoms with Crippen LogP contribution in [0.3, 0.4) is 0 Å². The first kappa shape index (κ1) is 33.0. The van der Waals surface area contributed by atoms with Gasteiger partial charge in [-0.05, 0) is 76.0 Å². The minimum absolute atomic E-state index is 0. The number of carbonyl (C=O) groups is 5. The van der Waals surface area contributed by atoms with Crippen molar-refractivity contribution >= 4 is 45.5 Å². The molecule has 3 fully saturated rings. The van der Waals surface area contributed by atoms with Crippen LogP contribution < -0.4 is 15.4 Å². The summed E-state index contributed by atoms with van der Waals surface area (Å²) < 4.78 is 37.1. The number of amides is 4. The number of sulfonamides is 1. The lowest BCUT2D eigenvalue weighted by molar-refractivity contribution is -0.140. The summed E-state index contributed by atoms with van der Waals surface area (Å²) in [4.78, 5) is 66.2. The predicted molar refractivity (Wildman–Crippen MR) is 166 cm³/mol. The Hall–Kier alpha value is -3.94. The first-order chi connectivity index (χ1) is 20.9. The molecule has 14 heteroatoms. The molecule has 4 amide bonds. The third-order valence-electron chi connectivity index (χ3n) is 8.25. The number of allylic oxidation sites excluding steroid dienone is 1. The molecule has 1 aromatic rings. The number of carbonyl (C=O) groups excluding carboxylic acids is 5. The zero-order valence-electron chi connectivity index (χ0n) is 25.0. The Kier molecular flexibility index (Phi) is 10.3. The average molecular weight is 639 g/mol. The molecule has 0 radical (unpaired) electrons. The van der Waals surface area contributed by atoms with E-state index >= 15 is 0 Å². The van der Waals surface area contributed by atoms with Crippen LogP contribution >= 0.6 is 0 Å². The normalized spacial score (nSPS) is 21.8. The van der Waals surface area contributed by atoms with E-state index in [9.17, 15) is 32.4 Å². The monoisotopic (exact) mass is 638 g/mol. The van der Waals surface area contributed by atoms with Gasteiger partial charge in [0.1, 0.15) is 11.6 Å². The van der Waals surface area contributed by atoms with Crippen molar-refractivity contribution in [1.29, 1.82) is 0 Å². The van der Waals surface area contributed by atoms with Gasteiger partial charge in [0.25, 0.3) is 5.91 Å². The first-order valence-corrected chi connectivity index (χ1v) is 16.3. The standard InChI is InChI=1S/C30H40N4O9S.3H2/c1-4-5-6-7-15-34(2)26(36)24-18-21(43-29(39)31-20-10-8-9-19(16-20)27(37)42-3)17-23(24)25(35)32-30(13-14-30)28(38)33-44(40,41)22-11-12-22;;;/h4,8-10,16,21-24H,1,5-7,11-15,17-18H2,2-3H3,(H,31,39)(H,32,35)(H,33,38);3*1H/t21-,23-,24-;;;/m1.../s1. The lowest BCUT2D eigenvalue weighted by Crippen LogP contribution is -2.53. The van der Waals surface area contributed by atoms with Crippen molar-refractivity contribution in [3.05, 3.63) is 42.5 Å². The van der Waals surface area contributed by atoms with Gasteiger partial charge >= 0.3 is 12.1 Å². The summed E-state index contributed by atoms with van der Waals surface area (Å²) >= 11 is 0. The van der Waals surface area contributed by atoms with Crippen LogP contribution in [0.4, 0.5) is 10.5 Å². The fraction of sp³-hybridized carbons (Fsp3) is 0.567. The Bertz CT molecular complexity index is 1420. The molecule has 4 rings (SSSR count). The van der Waals surface area contributed by atoms with Gasteiger partial charge in [0, 0.05) is 23.6 Å². The second kappa shape index (κ2) is 13.8. The Morgan fingerprint density at radius 3 is 2.45 bits per heavy atom. The number of esters is 1. The van der Waals surface area contributed by atoms with Crippen molar-refractivity contribution in [2.45, 2.75) is 74.7 Å². The van der Waals surface area contributed by atoms with E-state index < -0.39 is 62.6 Å². The molecular weight excluding hydrogens is 592 g/mol. The highest BCUT2D eigenvalue weighted by Gasteiger charge is 2.55. The fourth-order valence-electron chi connectivity index (χ4n) is 5.37. The van der Waals surface area contributed by atoms with Crippen LogP contribution in [-0.2, 0) is 33.9 Å². The number of methoxy groups -OCH3 is 1. The van der Waals surface area contributed by atoms with Gasteiger partial charge in [-0.15, -0.1) is 6.58 Å². The molecule has 3 aliphatic rings. The summed E-state index contributed by atoms with van der Waals surface area (Å²) in [7, 11) is -0.903. The van der Waals surface area contributed by atoms with Crippen LogP contribution in [0.1, 0.15) is 72.4 Å². The molecule has 0 aromatic heterocycles. The second-order valence-corrected chi connectivity index (χ2v) is 13.7. The smallest absolute Gasteiger partial charge is 0.411 e. The van der Waals surface area contributed by atoms with Crippen LogP contribution in [0.2, 0.25) is 0 Å². The van der Waals surface area contributed by atoms with Crippen molar-refractivity contribution in [3.8, 4) is 0 Å². The van der Waals surface area contributed by atoms with Gasteiger partial charge < -0.3 is 19.7 Å². The number of hydrogen-bond donors (Lipinski definition) is 3. The Balaban J connectivity index is 0.00000368. The topological polar surface area (TPSA) is 177 Å². The van der Waals surface area contributed by atoms with E-state index in [0.717, 1.165) is 19.3 Å². The highest BCUT2D eigenvalue weighted by molar-refractivity contribution is 7.91. The molecule has 0 saturated heterocycles. The van der Waals surface area contributed by atoms with Gasteiger partial charge in [-0.1, -0.05) is 12.1 Å². The average Bonchev–Trinajstić information content (AvgIpc) is 3.92. The van der Waals surface area contributed by atoms with Crippen molar-refractivity contribution in [2.75, 3.05) is 26.0 Å². The van der Waals surface area contributed by atoms with Crippen LogP contribution in [0.25, 0.3) is 0 Å². The maximum absolute atomic E-state index is 13.6. The molecule has 0 unspecified atom stereocenters. The second-order valence-electron chi connectivity index (χ2n) is 11.7. The van der Waals surface area contributed by atoms with Gasteiger partial charge in [-0.2, -0.15) is 0 Å². The van der Waals surface area contributed by atoms with E-state index in [1.165, 1.54) is 19.2 Å². The third kappa shape index (κ3) is 8.16. The van der Waals surface area contributed by atoms with Gasteiger partial charge in [0.05, 0.1) is 29.8 Å². The fourth-order valence-corrected chi connectivity index (χ4v) is 6.75. The van der Waals surface area contributed by atoms with Crippen molar-refractivity contribution < 1.29 is 46.1 Å². The van der Waals surface area contributed by atoms with E-state index in [0.29, 0.717) is 25.1 Å². The van der Waals surface area contributed by atoms with E-state index in [1.807, 2.05) is 0 Å². The number of nitrogens with zero attached hydrogens (tertiary/aromatic N) is 1. The molecule has 3 saturated carbocycles. The number of anilines is 1. The number of unbranched alkanes of at least 4 members (excludes halogenated alkanes) is 2. The van der Waals surface area contributed by atoms with E-state index in [4.69, 9.17) is 9.47 Å². The molecule has 1 aromatic carbocycles. The van der Waals surface area contributed by atoms with Gasteiger partial charge in [-0.25, -0.2) is 18.0 Å². The molecule has 3 N–H and O–H groups in total. The summed E-state index contributed by atoms with van der Waals surface area (Å²) in [5.74, 6) is -3.95. The van der Waals surface area contributed by atoms with Crippen LogP contribution in [-0.4, -0.2) is 80.7 Å². The zero-order chi connectivity index (χ0) is 32.1. The van der Waals surface area contributed by atoms with Gasteiger partial charge in [-0.3, -0.25) is 24.4 Å². The number of rotatable bonds is 14. The Morgan fingerprint density at radius 2 is 1.82 bits per heavy atom. The number of hydrogen-bond acceptors (Lipinski definition) is 9. The SMILES string of the molecule is C=CCCCCN(C)C(=O)[C@@H]1C[C@H](OC(=O)Nc2cccc(C(=O)OC)c2)C[C@H]1C(=O)NC1(C(=O)NS(=O)(=O)C2CC2)CC1.[HH].[HH].[HH]. The molecule has 0 heterocycles. The minimum atomic E-state index is -3.80. The molecule has 13 nitrogen and oxygen atoms in total. The maximum atomic E-state index is 13.6. The summed E-state index contributed by atoms with van der Waals surface area (Å²) in [5, 5.41) is 4.68. The number of ether oxygens (including phenoxy) is 2. The van der Waals surface area contributed by atoms with E-state index in [1.54, 1.807) is 30.2 Å². The number of nitrogens with one attached hydrogen (secondary N) is 3. The van der Waals surface area contributed by atoms with Gasteiger partial charge in [0.2, 0.25) is 21.8 Å². The largest absolute Gasteiger partial charge is 0.465 e. The molecule has 3 atom stereocenters. The van der Waals surface area contributed by atoms with Gasteiger partial charge in [0.15, 0.2) is 0 Å². The van der Waals surface area contributed by atoms with Crippen molar-refractivity contribution in [2.24, 2.45) is 11.8 Å². The summed E-state index contributed by atoms with van der Waals surface area (Å²) in [6, 6.07) is 6.09. The first-order valence-electron chi connectivity index (χ1n) is 14.8. The highest BCUT2D eigenvalue weighted by atomic mass is 32.2. The lowest BCUT2D eigenvalue weighted by Gasteiger charge is -2.26. The third-order valence-corrected chi connectivity index (χ3v) is 10.1.